The molecule has 0 spiro atoms. The number of nitrogens with one attached hydrogen (secondary N) is 1. The summed E-state index contributed by atoms with van der Waals surface area (Å²) in [5, 5.41) is 0. The largest absolute Gasteiger partial charge is 0.406 e. The molecule has 0 aliphatic carbocycles. The molecule has 1 aromatic rings. The van der Waals surface area contributed by atoms with Crippen molar-refractivity contribution in [1.82, 2.24) is 4.98 Å². The normalized spacial score (nSPS) is 9.18. The molecule has 0 saturated carbocycles. The molecule has 0 aliphatic heterocycles. The van der Waals surface area contributed by atoms with Gasteiger partial charge in [0, 0.05) is 17.8 Å². The van der Waals surface area contributed by atoms with E-state index >= 15 is 0 Å². The van der Waals surface area contributed by atoms with Crippen LogP contribution in [0, 0.1) is 6.92 Å². The van der Waals surface area contributed by atoms with Gasteiger partial charge in [-0.15, -0.1) is 0 Å². The van der Waals surface area contributed by atoms with Gasteiger partial charge < -0.3 is 9.72 Å². The standard InChI is InChI=1S/C8H9NO2/c1-3-7(10)11-8-6(2)4-5-9-8/h3-5,9H,1H2,2H3. The summed E-state index contributed by atoms with van der Waals surface area (Å²) >= 11 is 0. The van der Waals surface area contributed by atoms with Crippen LogP contribution in [0.15, 0.2) is 24.9 Å². The Labute approximate surface area is 64.7 Å². The lowest BCUT2D eigenvalue weighted by atomic mass is 10.4. The first kappa shape index (κ1) is 7.60. The first-order valence-corrected chi connectivity index (χ1v) is 3.22. The third-order valence-electron chi connectivity index (χ3n) is 1.28. The highest BCUT2D eigenvalue weighted by Gasteiger charge is 2.02. The van der Waals surface area contributed by atoms with Gasteiger partial charge in [-0.1, -0.05) is 6.58 Å². The van der Waals surface area contributed by atoms with Gasteiger partial charge in [0.2, 0.25) is 5.88 Å². The van der Waals surface area contributed by atoms with Crippen molar-refractivity contribution in [2.24, 2.45) is 0 Å². The number of aromatic nitrogens is 1. The SMILES string of the molecule is C=CC(=O)Oc1[nH]ccc1C. The molecule has 0 fully saturated rings. The average Bonchev–Trinajstić information content (AvgIpc) is 2.37. The van der Waals surface area contributed by atoms with Crippen molar-refractivity contribution in [3.8, 4) is 5.88 Å². The molecule has 3 nitrogen and oxygen atoms in total. The van der Waals surface area contributed by atoms with Crippen molar-refractivity contribution in [3.63, 3.8) is 0 Å². The number of aromatic amines is 1. The second-order valence-corrected chi connectivity index (χ2v) is 2.12. The van der Waals surface area contributed by atoms with E-state index < -0.39 is 5.97 Å². The van der Waals surface area contributed by atoms with E-state index in [-0.39, 0.29) is 0 Å². The van der Waals surface area contributed by atoms with Crippen molar-refractivity contribution < 1.29 is 9.53 Å². The minimum absolute atomic E-state index is 0.449. The number of hydrogen-bond donors (Lipinski definition) is 1. The van der Waals surface area contributed by atoms with Crippen LogP contribution < -0.4 is 4.74 Å². The number of H-pyrrole nitrogens is 1. The molecule has 0 bridgehead atoms. The fraction of sp³-hybridized carbons (Fsp3) is 0.125. The van der Waals surface area contributed by atoms with Crippen LogP contribution in [0.2, 0.25) is 0 Å². The van der Waals surface area contributed by atoms with Gasteiger partial charge >= 0.3 is 5.97 Å². The maximum Gasteiger partial charge on any atom is 0.336 e. The van der Waals surface area contributed by atoms with Gasteiger partial charge in [-0.25, -0.2) is 4.79 Å². The summed E-state index contributed by atoms with van der Waals surface area (Å²) in [6.07, 6.45) is 2.83. The van der Waals surface area contributed by atoms with Gasteiger partial charge in [0.25, 0.3) is 0 Å². The molecule has 1 aromatic heterocycles. The van der Waals surface area contributed by atoms with Crippen molar-refractivity contribution in [2.75, 3.05) is 0 Å². The molecule has 0 unspecified atom stereocenters. The van der Waals surface area contributed by atoms with E-state index in [1.807, 2.05) is 13.0 Å². The van der Waals surface area contributed by atoms with Gasteiger partial charge in [0.1, 0.15) is 0 Å². The molecule has 0 aromatic carbocycles. The monoisotopic (exact) mass is 151 g/mol. The molecule has 1 rings (SSSR count). The van der Waals surface area contributed by atoms with Gasteiger partial charge in [0.15, 0.2) is 0 Å². The predicted molar refractivity (Wildman–Crippen MR) is 41.4 cm³/mol. The Morgan fingerprint density at radius 2 is 2.55 bits per heavy atom. The van der Waals surface area contributed by atoms with Crippen LogP contribution in [-0.4, -0.2) is 11.0 Å². The number of esters is 1. The summed E-state index contributed by atoms with van der Waals surface area (Å²) in [7, 11) is 0. The summed E-state index contributed by atoms with van der Waals surface area (Å²) in [4.78, 5) is 13.5. The van der Waals surface area contributed by atoms with E-state index in [0.717, 1.165) is 11.6 Å². The zero-order valence-corrected chi connectivity index (χ0v) is 6.26. The molecule has 0 atom stereocenters. The molecular weight excluding hydrogens is 142 g/mol. The van der Waals surface area contributed by atoms with E-state index in [9.17, 15) is 4.79 Å². The fourth-order valence-electron chi connectivity index (χ4n) is 0.684. The fourth-order valence-corrected chi connectivity index (χ4v) is 0.684. The number of rotatable bonds is 2. The second kappa shape index (κ2) is 3.05. The molecule has 0 radical (unpaired) electrons. The third-order valence-corrected chi connectivity index (χ3v) is 1.28. The molecule has 1 N–H and O–H groups in total. The number of ether oxygens (including phenoxy) is 1. The quantitative estimate of drug-likeness (QED) is 0.513. The maximum absolute atomic E-state index is 10.7. The molecule has 0 aliphatic rings. The summed E-state index contributed by atoms with van der Waals surface area (Å²) in [5.41, 5.74) is 0.903. The number of carbonyl (C=O) groups is 1. The summed E-state index contributed by atoms with van der Waals surface area (Å²) in [6, 6.07) is 1.83. The molecule has 1 heterocycles. The number of aryl methyl sites for hydroxylation is 1. The third kappa shape index (κ3) is 1.70. The first-order chi connectivity index (χ1) is 5.24. The van der Waals surface area contributed by atoms with Gasteiger partial charge in [-0.3, -0.25) is 0 Å². The van der Waals surface area contributed by atoms with Crippen molar-refractivity contribution >= 4 is 5.97 Å². The highest BCUT2D eigenvalue weighted by molar-refractivity contribution is 5.83. The highest BCUT2D eigenvalue weighted by atomic mass is 16.5. The lowest BCUT2D eigenvalue weighted by molar-refractivity contribution is -0.129. The Balaban J connectivity index is 2.71. The van der Waals surface area contributed by atoms with Crippen molar-refractivity contribution in [3.05, 3.63) is 30.5 Å². The van der Waals surface area contributed by atoms with Crippen LogP contribution >= 0.6 is 0 Å². The van der Waals surface area contributed by atoms with Crippen molar-refractivity contribution in [1.29, 1.82) is 0 Å². The zero-order chi connectivity index (χ0) is 8.27. The summed E-state index contributed by atoms with van der Waals surface area (Å²) in [6.45, 7) is 5.13. The van der Waals surface area contributed by atoms with Gasteiger partial charge in [-0.2, -0.15) is 0 Å². The smallest absolute Gasteiger partial charge is 0.336 e. The Bertz CT molecular complexity index is 275. The predicted octanol–water partition coefficient (Wildman–Crippen LogP) is 1.41. The number of hydrogen-bond acceptors (Lipinski definition) is 2. The van der Waals surface area contributed by atoms with Crippen LogP contribution in [0.5, 0.6) is 5.88 Å². The van der Waals surface area contributed by atoms with Crippen molar-refractivity contribution in [2.45, 2.75) is 6.92 Å². The minimum atomic E-state index is -0.449. The zero-order valence-electron chi connectivity index (χ0n) is 6.26. The van der Waals surface area contributed by atoms with E-state index in [0.29, 0.717) is 5.88 Å². The number of carbonyl (C=O) groups excluding carboxylic acids is 1. The molecule has 3 heteroatoms. The lowest BCUT2D eigenvalue weighted by Gasteiger charge is -1.97. The van der Waals surface area contributed by atoms with Gasteiger partial charge in [0.05, 0.1) is 0 Å². The van der Waals surface area contributed by atoms with Gasteiger partial charge in [-0.05, 0) is 13.0 Å². The van der Waals surface area contributed by atoms with E-state index in [4.69, 9.17) is 4.74 Å². The Morgan fingerprint density at radius 1 is 1.82 bits per heavy atom. The Morgan fingerprint density at radius 3 is 3.00 bits per heavy atom. The van der Waals surface area contributed by atoms with Crippen LogP contribution in [0.1, 0.15) is 5.56 Å². The molecule has 58 valence electrons. The van der Waals surface area contributed by atoms with Crippen LogP contribution in [0.4, 0.5) is 0 Å². The molecule has 0 amide bonds. The van der Waals surface area contributed by atoms with E-state index in [2.05, 4.69) is 11.6 Å². The molecular formula is C8H9NO2. The molecule has 0 saturated heterocycles. The average molecular weight is 151 g/mol. The van der Waals surface area contributed by atoms with Crippen LogP contribution in [0.3, 0.4) is 0 Å². The molecule has 11 heavy (non-hydrogen) atoms. The lowest BCUT2D eigenvalue weighted by Crippen LogP contribution is -2.03. The highest BCUT2D eigenvalue weighted by Crippen LogP contribution is 2.13. The van der Waals surface area contributed by atoms with E-state index in [1.165, 1.54) is 0 Å². The summed E-state index contributed by atoms with van der Waals surface area (Å²) < 4.78 is 4.82. The van der Waals surface area contributed by atoms with Crippen LogP contribution in [0.25, 0.3) is 0 Å². The minimum Gasteiger partial charge on any atom is -0.406 e. The summed E-state index contributed by atoms with van der Waals surface area (Å²) in [5.74, 6) is 0.0328. The van der Waals surface area contributed by atoms with Crippen LogP contribution in [-0.2, 0) is 4.79 Å². The van der Waals surface area contributed by atoms with E-state index in [1.54, 1.807) is 6.20 Å². The first-order valence-electron chi connectivity index (χ1n) is 3.22. The topological polar surface area (TPSA) is 42.1 Å². The maximum atomic E-state index is 10.7. The second-order valence-electron chi connectivity index (χ2n) is 2.12. The Kier molecular flexibility index (Phi) is 2.11. The Hall–Kier alpha value is -1.51.